The molecule has 0 aromatic heterocycles. The predicted octanol–water partition coefficient (Wildman–Crippen LogP) is 2.91. The number of para-hydroxylation sites is 1. The van der Waals surface area contributed by atoms with Crippen molar-refractivity contribution < 1.29 is 23.1 Å². The summed E-state index contributed by atoms with van der Waals surface area (Å²) in [6, 6.07) is 14.4. The number of nitrogens with one attached hydrogen (secondary N) is 1. The van der Waals surface area contributed by atoms with Crippen molar-refractivity contribution in [1.29, 1.82) is 0 Å². The molecule has 2 aromatic carbocycles. The molecular weight excluding hydrogens is 378 g/mol. The molecule has 3 atom stereocenters. The van der Waals surface area contributed by atoms with Crippen LogP contribution in [0.15, 0.2) is 54.6 Å². The predicted molar refractivity (Wildman–Crippen MR) is 105 cm³/mol. The number of carboxylic acid groups (broad SMARTS) is 1. The smallest absolute Gasteiger partial charge is 0.328 e. The van der Waals surface area contributed by atoms with E-state index in [9.17, 15) is 13.2 Å². The number of carbonyl (C=O) groups is 1. The Morgan fingerprint density at radius 3 is 2.68 bits per heavy atom. The molecule has 0 bridgehead atoms. The molecule has 0 amide bonds. The van der Waals surface area contributed by atoms with Crippen LogP contribution < -0.4 is 9.46 Å². The Balaban J connectivity index is 1.56. The van der Waals surface area contributed by atoms with Gasteiger partial charge in [-0.3, -0.25) is 0 Å². The van der Waals surface area contributed by atoms with Crippen LogP contribution in [0.1, 0.15) is 35.4 Å². The van der Waals surface area contributed by atoms with Gasteiger partial charge < -0.3 is 9.84 Å². The van der Waals surface area contributed by atoms with Crippen LogP contribution in [0.3, 0.4) is 0 Å². The second-order valence-corrected chi connectivity index (χ2v) is 8.92. The van der Waals surface area contributed by atoms with Crippen LogP contribution >= 0.6 is 0 Å². The van der Waals surface area contributed by atoms with Gasteiger partial charge in [-0.15, -0.1) is 0 Å². The molecule has 4 rings (SSSR count). The van der Waals surface area contributed by atoms with Crippen LogP contribution in [0.4, 0.5) is 0 Å². The molecule has 0 radical (unpaired) electrons. The molecule has 146 valence electrons. The molecular formula is C21H21NO5S. The summed E-state index contributed by atoms with van der Waals surface area (Å²) in [4.78, 5) is 10.8. The number of hydrogen-bond donors (Lipinski definition) is 2. The number of carboxylic acids is 1. The lowest BCUT2D eigenvalue weighted by atomic mass is 9.93. The van der Waals surface area contributed by atoms with Gasteiger partial charge in [0.05, 0.1) is 5.75 Å². The number of benzene rings is 2. The first kappa shape index (κ1) is 18.7. The summed E-state index contributed by atoms with van der Waals surface area (Å²) in [6.45, 7) is 0. The second-order valence-electron chi connectivity index (χ2n) is 7.17. The summed E-state index contributed by atoms with van der Waals surface area (Å²) >= 11 is 0. The van der Waals surface area contributed by atoms with Crippen LogP contribution in [0.2, 0.25) is 0 Å². The van der Waals surface area contributed by atoms with E-state index in [1.54, 1.807) is 18.2 Å². The topological polar surface area (TPSA) is 92.7 Å². The third kappa shape index (κ3) is 3.81. The van der Waals surface area contributed by atoms with Crippen molar-refractivity contribution in [1.82, 2.24) is 4.72 Å². The van der Waals surface area contributed by atoms with Gasteiger partial charge in [0.25, 0.3) is 0 Å². The van der Waals surface area contributed by atoms with Crippen LogP contribution in [0, 0.1) is 0 Å². The van der Waals surface area contributed by atoms with Crippen molar-refractivity contribution in [3.05, 3.63) is 71.3 Å². The third-order valence-electron chi connectivity index (χ3n) is 5.24. The quantitative estimate of drug-likeness (QED) is 0.729. The number of rotatable bonds is 6. The molecule has 7 heteroatoms. The van der Waals surface area contributed by atoms with Crippen LogP contribution in [-0.2, 0) is 20.6 Å². The first-order chi connectivity index (χ1) is 13.4. The molecule has 1 heterocycles. The normalized spacial score (nSPS) is 23.4. The maximum atomic E-state index is 12.7. The summed E-state index contributed by atoms with van der Waals surface area (Å²) in [5.41, 5.74) is 2.37. The summed E-state index contributed by atoms with van der Waals surface area (Å²) in [7, 11) is -3.49. The fraction of sp³-hybridized carbons (Fsp3) is 0.286. The van der Waals surface area contributed by atoms with Gasteiger partial charge in [-0.05, 0) is 24.5 Å². The maximum Gasteiger partial charge on any atom is 0.328 e. The highest BCUT2D eigenvalue weighted by Gasteiger charge is 2.46. The summed E-state index contributed by atoms with van der Waals surface area (Å²) < 4.78 is 34.3. The molecule has 6 nitrogen and oxygen atoms in total. The van der Waals surface area contributed by atoms with E-state index in [1.807, 2.05) is 30.3 Å². The summed E-state index contributed by atoms with van der Waals surface area (Å²) in [5.74, 6) is -0.500. The van der Waals surface area contributed by atoms with E-state index >= 15 is 0 Å². The SMILES string of the molecule is O=C(O)C=Cc1cccc2c1OC1CCC(NS(=O)(=O)Cc3ccccc3)C21. The van der Waals surface area contributed by atoms with Crippen molar-refractivity contribution in [2.45, 2.75) is 36.7 Å². The number of fused-ring (bicyclic) bond motifs is 3. The summed E-state index contributed by atoms with van der Waals surface area (Å²) in [5, 5.41) is 8.87. The van der Waals surface area contributed by atoms with E-state index in [-0.39, 0.29) is 23.8 Å². The molecule has 1 aliphatic carbocycles. The minimum Gasteiger partial charge on any atom is -0.489 e. The Labute approximate surface area is 163 Å². The van der Waals surface area contributed by atoms with E-state index in [4.69, 9.17) is 9.84 Å². The Bertz CT molecular complexity index is 1020. The highest BCUT2D eigenvalue weighted by Crippen LogP contribution is 2.48. The van der Waals surface area contributed by atoms with Gasteiger partial charge in [0.1, 0.15) is 11.9 Å². The fourth-order valence-electron chi connectivity index (χ4n) is 4.13. The van der Waals surface area contributed by atoms with Gasteiger partial charge in [-0.25, -0.2) is 17.9 Å². The van der Waals surface area contributed by atoms with Gasteiger partial charge in [0, 0.05) is 29.2 Å². The molecule has 2 aliphatic rings. The van der Waals surface area contributed by atoms with E-state index in [1.165, 1.54) is 6.08 Å². The zero-order valence-electron chi connectivity index (χ0n) is 15.1. The van der Waals surface area contributed by atoms with Crippen molar-refractivity contribution >= 4 is 22.1 Å². The average molecular weight is 399 g/mol. The third-order valence-corrected chi connectivity index (χ3v) is 6.61. The molecule has 3 unspecified atom stereocenters. The Morgan fingerprint density at radius 2 is 1.93 bits per heavy atom. The van der Waals surface area contributed by atoms with Crippen molar-refractivity contribution in [3.8, 4) is 5.75 Å². The molecule has 0 spiro atoms. The first-order valence-corrected chi connectivity index (χ1v) is 10.8. The van der Waals surface area contributed by atoms with Gasteiger partial charge in [-0.2, -0.15) is 0 Å². The second kappa shape index (κ2) is 7.41. The molecule has 28 heavy (non-hydrogen) atoms. The zero-order chi connectivity index (χ0) is 19.7. The maximum absolute atomic E-state index is 12.7. The van der Waals surface area contributed by atoms with Crippen molar-refractivity contribution in [2.75, 3.05) is 0 Å². The summed E-state index contributed by atoms with van der Waals surface area (Å²) in [6.07, 6.45) is 3.95. The Kier molecular flexibility index (Phi) is 4.95. The molecule has 1 fully saturated rings. The molecule has 2 aromatic rings. The highest BCUT2D eigenvalue weighted by molar-refractivity contribution is 7.88. The Morgan fingerprint density at radius 1 is 1.14 bits per heavy atom. The monoisotopic (exact) mass is 399 g/mol. The minimum atomic E-state index is -3.49. The van der Waals surface area contributed by atoms with Gasteiger partial charge in [-0.1, -0.05) is 48.5 Å². The van der Waals surface area contributed by atoms with Crippen molar-refractivity contribution in [3.63, 3.8) is 0 Å². The van der Waals surface area contributed by atoms with E-state index < -0.39 is 16.0 Å². The standard InChI is InChI=1S/C21H21NO5S/c23-19(24)12-9-15-7-4-8-16-20-17(10-11-18(20)27-21(15)16)22-28(25,26)13-14-5-2-1-3-6-14/h1-9,12,17-18,20,22H,10-11,13H2,(H,23,24). The first-order valence-electron chi connectivity index (χ1n) is 9.17. The van der Waals surface area contributed by atoms with E-state index in [2.05, 4.69) is 4.72 Å². The highest BCUT2D eigenvalue weighted by atomic mass is 32.2. The molecule has 1 saturated carbocycles. The fourth-order valence-corrected chi connectivity index (χ4v) is 5.57. The van der Waals surface area contributed by atoms with Crippen LogP contribution in [-0.4, -0.2) is 31.6 Å². The van der Waals surface area contributed by atoms with Gasteiger partial charge >= 0.3 is 5.97 Å². The van der Waals surface area contributed by atoms with E-state index in [0.717, 1.165) is 23.6 Å². The molecule has 0 saturated heterocycles. The number of aliphatic carboxylic acids is 1. The number of ether oxygens (including phenoxy) is 1. The van der Waals surface area contributed by atoms with Gasteiger partial charge in [0.15, 0.2) is 0 Å². The lowest BCUT2D eigenvalue weighted by Gasteiger charge is -2.19. The zero-order valence-corrected chi connectivity index (χ0v) is 15.9. The number of sulfonamides is 1. The van der Waals surface area contributed by atoms with E-state index in [0.29, 0.717) is 17.7 Å². The lowest BCUT2D eigenvalue weighted by Crippen LogP contribution is -2.38. The van der Waals surface area contributed by atoms with Gasteiger partial charge in [0.2, 0.25) is 10.0 Å². The lowest BCUT2D eigenvalue weighted by molar-refractivity contribution is -0.131. The largest absolute Gasteiger partial charge is 0.489 e. The van der Waals surface area contributed by atoms with Crippen molar-refractivity contribution in [2.24, 2.45) is 0 Å². The van der Waals surface area contributed by atoms with Crippen LogP contribution in [0.5, 0.6) is 5.75 Å². The Hall–Kier alpha value is -2.64. The molecule has 1 aliphatic heterocycles. The average Bonchev–Trinajstić information content (AvgIpc) is 3.20. The minimum absolute atomic E-state index is 0.0587. The molecule has 2 N–H and O–H groups in total. The van der Waals surface area contributed by atoms with Crippen LogP contribution in [0.25, 0.3) is 6.08 Å². The number of hydrogen-bond acceptors (Lipinski definition) is 4.